The van der Waals surface area contributed by atoms with Crippen LogP contribution in [-0.4, -0.2) is 24.3 Å². The quantitative estimate of drug-likeness (QED) is 0.855. The van der Waals surface area contributed by atoms with E-state index < -0.39 is 11.9 Å². The highest BCUT2D eigenvalue weighted by Crippen LogP contribution is 2.43. The van der Waals surface area contributed by atoms with Gasteiger partial charge in [-0.15, -0.1) is 0 Å². The number of aromatic nitrogens is 1. The zero-order valence-electron chi connectivity index (χ0n) is 15.3. The molecule has 6 nitrogen and oxygen atoms in total. The Hall–Kier alpha value is -3.02. The number of benzene rings is 1. The summed E-state index contributed by atoms with van der Waals surface area (Å²) in [5, 5.41) is 3.18. The number of para-hydroxylation sites is 1. The molecule has 0 aliphatic carbocycles. The van der Waals surface area contributed by atoms with Crippen molar-refractivity contribution in [3.05, 3.63) is 69.3 Å². The van der Waals surface area contributed by atoms with Gasteiger partial charge in [0.05, 0.1) is 30.8 Å². The predicted octanol–water partition coefficient (Wildman–Crippen LogP) is 2.79. The molecular weight excluding hydrogens is 332 g/mol. The molecule has 1 aliphatic rings. The topological polar surface area (TPSA) is 69.6 Å². The molecule has 0 bridgehead atoms. The van der Waals surface area contributed by atoms with Crippen molar-refractivity contribution in [1.29, 1.82) is 0 Å². The summed E-state index contributed by atoms with van der Waals surface area (Å²) in [5.74, 6) is -0.392. The SMILES string of the molecule is CCOC(=O)C1=C(C)Nc2ccn(C)c(=O)c2C1c1ccccc1OC. The Bertz CT molecular complexity index is 943. The summed E-state index contributed by atoms with van der Waals surface area (Å²) in [5.41, 5.74) is 2.87. The van der Waals surface area contributed by atoms with Crippen molar-refractivity contribution >= 4 is 11.7 Å². The Kier molecular flexibility index (Phi) is 4.84. The Labute approximate surface area is 152 Å². The lowest BCUT2D eigenvalue weighted by Crippen LogP contribution is -2.32. The van der Waals surface area contributed by atoms with Crippen LogP contribution in [0.15, 0.2) is 52.6 Å². The number of esters is 1. The molecule has 1 atom stereocenters. The average molecular weight is 354 g/mol. The first kappa shape index (κ1) is 17.8. The van der Waals surface area contributed by atoms with Crippen molar-refractivity contribution in [1.82, 2.24) is 4.57 Å². The normalized spacial score (nSPS) is 15.9. The molecule has 1 N–H and O–H groups in total. The van der Waals surface area contributed by atoms with Gasteiger partial charge in [-0.2, -0.15) is 0 Å². The molecule has 2 heterocycles. The number of hydrogen-bond donors (Lipinski definition) is 1. The van der Waals surface area contributed by atoms with Crippen molar-refractivity contribution in [2.45, 2.75) is 19.8 Å². The van der Waals surface area contributed by atoms with Gasteiger partial charge in [-0.25, -0.2) is 4.79 Å². The van der Waals surface area contributed by atoms with E-state index in [9.17, 15) is 9.59 Å². The van der Waals surface area contributed by atoms with Crippen molar-refractivity contribution < 1.29 is 14.3 Å². The fraction of sp³-hybridized carbons (Fsp3) is 0.300. The molecule has 1 aromatic carbocycles. The highest BCUT2D eigenvalue weighted by molar-refractivity contribution is 5.94. The second-order valence-corrected chi connectivity index (χ2v) is 6.12. The van der Waals surface area contributed by atoms with E-state index in [1.54, 1.807) is 27.3 Å². The maximum Gasteiger partial charge on any atom is 0.336 e. The van der Waals surface area contributed by atoms with Crippen LogP contribution in [0.25, 0.3) is 0 Å². The standard InChI is InChI=1S/C20H22N2O4/c1-5-26-20(24)16-12(2)21-14-10-11-22(3)19(23)18(14)17(16)13-8-6-7-9-15(13)25-4/h6-11,17,21H,5H2,1-4H3. The van der Waals surface area contributed by atoms with Gasteiger partial charge in [-0.1, -0.05) is 18.2 Å². The van der Waals surface area contributed by atoms with Crippen LogP contribution >= 0.6 is 0 Å². The van der Waals surface area contributed by atoms with Crippen molar-refractivity contribution in [3.63, 3.8) is 0 Å². The van der Waals surface area contributed by atoms with Gasteiger partial charge in [0.25, 0.3) is 5.56 Å². The van der Waals surface area contributed by atoms with E-state index in [1.807, 2.05) is 37.3 Å². The minimum atomic E-state index is -0.568. The highest BCUT2D eigenvalue weighted by Gasteiger charge is 2.36. The lowest BCUT2D eigenvalue weighted by molar-refractivity contribution is -0.138. The van der Waals surface area contributed by atoms with Crippen molar-refractivity contribution in [3.8, 4) is 5.75 Å². The largest absolute Gasteiger partial charge is 0.496 e. The number of hydrogen-bond acceptors (Lipinski definition) is 5. The molecule has 3 rings (SSSR count). The van der Waals surface area contributed by atoms with Crippen LogP contribution in [0.2, 0.25) is 0 Å². The van der Waals surface area contributed by atoms with Crippen molar-refractivity contribution in [2.24, 2.45) is 7.05 Å². The number of methoxy groups -OCH3 is 1. The molecule has 136 valence electrons. The Morgan fingerprint density at radius 1 is 1.27 bits per heavy atom. The molecule has 0 saturated heterocycles. The third-order valence-electron chi connectivity index (χ3n) is 4.55. The second kappa shape index (κ2) is 7.07. The maximum absolute atomic E-state index is 12.9. The number of nitrogens with one attached hydrogen (secondary N) is 1. The fourth-order valence-electron chi connectivity index (χ4n) is 3.36. The summed E-state index contributed by atoms with van der Waals surface area (Å²) in [6.45, 7) is 3.83. The first-order valence-corrected chi connectivity index (χ1v) is 8.46. The molecule has 0 spiro atoms. The summed E-state index contributed by atoms with van der Waals surface area (Å²) < 4.78 is 12.3. The van der Waals surface area contributed by atoms with Gasteiger partial charge in [0.15, 0.2) is 0 Å². The molecule has 0 radical (unpaired) electrons. The third kappa shape index (κ3) is 2.87. The number of carbonyl (C=O) groups excluding carboxylic acids is 1. The number of nitrogens with zero attached hydrogens (tertiary/aromatic N) is 1. The summed E-state index contributed by atoms with van der Waals surface area (Å²) in [6.07, 6.45) is 1.70. The summed E-state index contributed by atoms with van der Waals surface area (Å²) in [7, 11) is 3.27. The van der Waals surface area contributed by atoms with Gasteiger partial charge in [0.1, 0.15) is 5.75 Å². The van der Waals surface area contributed by atoms with Gasteiger partial charge in [0.2, 0.25) is 0 Å². The molecule has 1 unspecified atom stereocenters. The van der Waals surface area contributed by atoms with E-state index in [0.29, 0.717) is 28.3 Å². The van der Waals surface area contributed by atoms with E-state index in [-0.39, 0.29) is 12.2 Å². The molecular formula is C20H22N2O4. The smallest absolute Gasteiger partial charge is 0.336 e. The zero-order valence-corrected chi connectivity index (χ0v) is 15.3. The number of allylic oxidation sites excluding steroid dienone is 1. The van der Waals surface area contributed by atoms with Crippen LogP contribution in [-0.2, 0) is 16.6 Å². The van der Waals surface area contributed by atoms with E-state index >= 15 is 0 Å². The van der Waals surface area contributed by atoms with Crippen LogP contribution in [0.1, 0.15) is 30.9 Å². The van der Waals surface area contributed by atoms with Gasteiger partial charge < -0.3 is 19.4 Å². The molecule has 0 fully saturated rings. The molecule has 2 aromatic rings. The Morgan fingerprint density at radius 3 is 2.69 bits per heavy atom. The number of carbonyl (C=O) groups is 1. The number of pyridine rings is 1. The van der Waals surface area contributed by atoms with Crippen molar-refractivity contribution in [2.75, 3.05) is 19.0 Å². The van der Waals surface area contributed by atoms with E-state index in [0.717, 1.165) is 5.56 Å². The summed E-state index contributed by atoms with van der Waals surface area (Å²) in [6, 6.07) is 9.25. The number of ether oxygens (including phenoxy) is 2. The second-order valence-electron chi connectivity index (χ2n) is 6.12. The molecule has 1 aliphatic heterocycles. The Balaban J connectivity index is 2.33. The summed E-state index contributed by atoms with van der Waals surface area (Å²) in [4.78, 5) is 25.7. The number of aryl methyl sites for hydroxylation is 1. The molecule has 0 amide bonds. The molecule has 26 heavy (non-hydrogen) atoms. The lowest BCUT2D eigenvalue weighted by Gasteiger charge is -2.30. The monoisotopic (exact) mass is 354 g/mol. The Morgan fingerprint density at radius 2 is 2.00 bits per heavy atom. The third-order valence-corrected chi connectivity index (χ3v) is 4.55. The number of rotatable bonds is 4. The number of anilines is 1. The molecule has 1 aromatic heterocycles. The van der Waals surface area contributed by atoms with Crippen LogP contribution in [0.3, 0.4) is 0 Å². The molecule has 6 heteroatoms. The fourth-order valence-corrected chi connectivity index (χ4v) is 3.36. The van der Waals surface area contributed by atoms with Gasteiger partial charge in [-0.05, 0) is 26.0 Å². The zero-order chi connectivity index (χ0) is 18.8. The van der Waals surface area contributed by atoms with E-state index in [1.165, 1.54) is 4.57 Å². The molecule has 0 saturated carbocycles. The van der Waals surface area contributed by atoms with Crippen LogP contribution < -0.4 is 15.6 Å². The minimum Gasteiger partial charge on any atom is -0.496 e. The van der Waals surface area contributed by atoms with Gasteiger partial charge in [0, 0.05) is 30.2 Å². The van der Waals surface area contributed by atoms with Gasteiger partial charge in [-0.3, -0.25) is 4.79 Å². The van der Waals surface area contributed by atoms with Crippen LogP contribution in [0.5, 0.6) is 5.75 Å². The van der Waals surface area contributed by atoms with Gasteiger partial charge >= 0.3 is 5.97 Å². The van der Waals surface area contributed by atoms with E-state index in [2.05, 4.69) is 5.32 Å². The van der Waals surface area contributed by atoms with Crippen LogP contribution in [0, 0.1) is 0 Å². The summed E-state index contributed by atoms with van der Waals surface area (Å²) >= 11 is 0. The average Bonchev–Trinajstić information content (AvgIpc) is 2.64. The predicted molar refractivity (Wildman–Crippen MR) is 99.5 cm³/mol. The first-order chi connectivity index (χ1) is 12.5. The van der Waals surface area contributed by atoms with Crippen LogP contribution in [0.4, 0.5) is 5.69 Å². The highest BCUT2D eigenvalue weighted by atomic mass is 16.5. The minimum absolute atomic E-state index is 0.166. The first-order valence-electron chi connectivity index (χ1n) is 8.46. The van der Waals surface area contributed by atoms with E-state index in [4.69, 9.17) is 9.47 Å². The number of fused-ring (bicyclic) bond motifs is 1. The maximum atomic E-state index is 12.9. The lowest BCUT2D eigenvalue weighted by atomic mass is 9.81.